The molecular formula is C10H18O4. The van der Waals surface area contributed by atoms with Crippen LogP contribution in [0, 0.1) is 5.41 Å². The van der Waals surface area contributed by atoms with Crippen LogP contribution in [-0.2, 0) is 9.59 Å². The zero-order valence-corrected chi connectivity index (χ0v) is 8.75. The summed E-state index contributed by atoms with van der Waals surface area (Å²) in [7, 11) is 0. The van der Waals surface area contributed by atoms with Crippen LogP contribution >= 0.6 is 0 Å². The number of carbonyl (C=O) groups is 2. The lowest BCUT2D eigenvalue weighted by Gasteiger charge is -2.25. The van der Waals surface area contributed by atoms with Crippen LogP contribution < -0.4 is 0 Å². The molecule has 0 aliphatic heterocycles. The number of aliphatic carboxylic acids is 2. The van der Waals surface area contributed by atoms with Crippen LogP contribution in [0.3, 0.4) is 0 Å². The number of carboxylic acid groups (broad SMARTS) is 2. The minimum absolute atomic E-state index is 0.0701. The number of rotatable bonds is 7. The van der Waals surface area contributed by atoms with Crippen molar-refractivity contribution in [3.05, 3.63) is 0 Å². The molecule has 0 saturated carbocycles. The van der Waals surface area contributed by atoms with E-state index < -0.39 is 17.4 Å². The van der Waals surface area contributed by atoms with E-state index in [9.17, 15) is 9.59 Å². The molecule has 0 saturated heterocycles. The van der Waals surface area contributed by atoms with Gasteiger partial charge in [0.1, 0.15) is 0 Å². The van der Waals surface area contributed by atoms with Crippen molar-refractivity contribution in [2.75, 3.05) is 0 Å². The van der Waals surface area contributed by atoms with Crippen molar-refractivity contribution in [3.8, 4) is 0 Å². The highest BCUT2D eigenvalue weighted by atomic mass is 16.4. The number of carboxylic acids is 2. The van der Waals surface area contributed by atoms with E-state index in [0.29, 0.717) is 6.42 Å². The van der Waals surface area contributed by atoms with Gasteiger partial charge in [-0.05, 0) is 11.8 Å². The van der Waals surface area contributed by atoms with E-state index in [-0.39, 0.29) is 12.8 Å². The standard InChI is InChI=1S/C10H18O4/c1-3-4-5-10(2,6-8(11)12)7-9(13)14/h3-7H2,1-2H3,(H,11,12)(H,13,14). The quantitative estimate of drug-likeness (QED) is 0.663. The molecule has 0 amide bonds. The monoisotopic (exact) mass is 202 g/mol. The first kappa shape index (κ1) is 12.9. The second-order valence-electron chi connectivity index (χ2n) is 4.06. The molecule has 82 valence electrons. The number of hydrogen-bond acceptors (Lipinski definition) is 2. The molecule has 0 spiro atoms. The third kappa shape index (κ3) is 5.56. The fraction of sp³-hybridized carbons (Fsp3) is 0.800. The van der Waals surface area contributed by atoms with Gasteiger partial charge in [0.05, 0.1) is 12.8 Å². The number of hydrogen-bond donors (Lipinski definition) is 2. The molecule has 0 aliphatic rings. The van der Waals surface area contributed by atoms with Crippen molar-refractivity contribution in [1.82, 2.24) is 0 Å². The topological polar surface area (TPSA) is 74.6 Å². The van der Waals surface area contributed by atoms with Crippen molar-refractivity contribution < 1.29 is 19.8 Å². The van der Waals surface area contributed by atoms with Gasteiger partial charge < -0.3 is 10.2 Å². The zero-order valence-electron chi connectivity index (χ0n) is 8.75. The lowest BCUT2D eigenvalue weighted by Crippen LogP contribution is -2.24. The van der Waals surface area contributed by atoms with Gasteiger partial charge >= 0.3 is 11.9 Å². The summed E-state index contributed by atoms with van der Waals surface area (Å²) in [6.07, 6.45) is 2.34. The molecule has 4 heteroatoms. The summed E-state index contributed by atoms with van der Waals surface area (Å²) >= 11 is 0. The van der Waals surface area contributed by atoms with Crippen molar-refractivity contribution in [3.63, 3.8) is 0 Å². The maximum Gasteiger partial charge on any atom is 0.303 e. The highest BCUT2D eigenvalue weighted by Crippen LogP contribution is 2.32. The Morgan fingerprint density at radius 3 is 1.86 bits per heavy atom. The molecule has 0 aliphatic carbocycles. The Labute approximate surface area is 83.9 Å². The Bertz CT molecular complexity index is 194. The van der Waals surface area contributed by atoms with Crippen LogP contribution in [0.15, 0.2) is 0 Å². The third-order valence-corrected chi connectivity index (χ3v) is 2.29. The average Bonchev–Trinajstić information content (AvgIpc) is 1.97. The second kappa shape index (κ2) is 5.62. The van der Waals surface area contributed by atoms with Crippen LogP contribution in [-0.4, -0.2) is 22.2 Å². The van der Waals surface area contributed by atoms with Crippen molar-refractivity contribution in [2.24, 2.45) is 5.41 Å². The molecule has 0 fully saturated rings. The Kier molecular flexibility index (Phi) is 5.20. The van der Waals surface area contributed by atoms with E-state index in [0.717, 1.165) is 12.8 Å². The molecule has 0 aromatic carbocycles. The first-order valence-corrected chi connectivity index (χ1v) is 4.83. The molecule has 0 aromatic heterocycles. The van der Waals surface area contributed by atoms with Crippen molar-refractivity contribution in [1.29, 1.82) is 0 Å². The van der Waals surface area contributed by atoms with Gasteiger partial charge in [0, 0.05) is 0 Å². The minimum Gasteiger partial charge on any atom is -0.481 e. The minimum atomic E-state index is -0.926. The summed E-state index contributed by atoms with van der Waals surface area (Å²) in [4.78, 5) is 21.1. The molecule has 0 rings (SSSR count). The molecule has 0 bridgehead atoms. The second-order valence-corrected chi connectivity index (χ2v) is 4.06. The zero-order chi connectivity index (χ0) is 11.2. The molecule has 0 heterocycles. The van der Waals surface area contributed by atoms with E-state index in [1.165, 1.54) is 0 Å². The van der Waals surface area contributed by atoms with Gasteiger partial charge in [-0.3, -0.25) is 9.59 Å². The van der Waals surface area contributed by atoms with E-state index in [4.69, 9.17) is 10.2 Å². The Balaban J connectivity index is 4.31. The van der Waals surface area contributed by atoms with E-state index in [1.807, 2.05) is 6.92 Å². The van der Waals surface area contributed by atoms with Crippen LogP contribution in [0.1, 0.15) is 46.0 Å². The van der Waals surface area contributed by atoms with Crippen LogP contribution in [0.5, 0.6) is 0 Å². The molecule has 2 N–H and O–H groups in total. The highest BCUT2D eigenvalue weighted by molar-refractivity contribution is 5.71. The summed E-state index contributed by atoms with van der Waals surface area (Å²) in [6, 6.07) is 0. The molecule has 0 radical (unpaired) electrons. The fourth-order valence-corrected chi connectivity index (χ4v) is 1.57. The lowest BCUT2D eigenvalue weighted by molar-refractivity contribution is -0.143. The Morgan fingerprint density at radius 1 is 1.14 bits per heavy atom. The van der Waals surface area contributed by atoms with Gasteiger partial charge in [-0.2, -0.15) is 0 Å². The van der Waals surface area contributed by atoms with Crippen LogP contribution in [0.2, 0.25) is 0 Å². The largest absolute Gasteiger partial charge is 0.481 e. The predicted molar refractivity (Wildman–Crippen MR) is 52.1 cm³/mol. The molecule has 0 atom stereocenters. The third-order valence-electron chi connectivity index (χ3n) is 2.29. The van der Waals surface area contributed by atoms with Crippen LogP contribution in [0.25, 0.3) is 0 Å². The van der Waals surface area contributed by atoms with E-state index >= 15 is 0 Å². The molecule has 14 heavy (non-hydrogen) atoms. The van der Waals surface area contributed by atoms with Gasteiger partial charge in [-0.1, -0.05) is 26.7 Å². The molecular weight excluding hydrogens is 184 g/mol. The normalized spacial score (nSPS) is 11.3. The first-order valence-electron chi connectivity index (χ1n) is 4.83. The van der Waals surface area contributed by atoms with Crippen molar-refractivity contribution >= 4 is 11.9 Å². The maximum atomic E-state index is 10.6. The predicted octanol–water partition coefficient (Wildman–Crippen LogP) is 2.13. The van der Waals surface area contributed by atoms with E-state index in [1.54, 1.807) is 6.92 Å². The molecule has 0 unspecified atom stereocenters. The summed E-state index contributed by atoms with van der Waals surface area (Å²) in [6.45, 7) is 3.73. The van der Waals surface area contributed by atoms with Gasteiger partial charge in [-0.25, -0.2) is 0 Å². The summed E-state index contributed by atoms with van der Waals surface area (Å²) in [5, 5.41) is 17.3. The summed E-state index contributed by atoms with van der Waals surface area (Å²) < 4.78 is 0. The van der Waals surface area contributed by atoms with E-state index in [2.05, 4.69) is 0 Å². The maximum absolute atomic E-state index is 10.6. The molecule has 0 aromatic rings. The van der Waals surface area contributed by atoms with Gasteiger partial charge in [0.25, 0.3) is 0 Å². The first-order chi connectivity index (χ1) is 6.39. The fourth-order valence-electron chi connectivity index (χ4n) is 1.57. The Hall–Kier alpha value is -1.06. The van der Waals surface area contributed by atoms with Crippen LogP contribution in [0.4, 0.5) is 0 Å². The van der Waals surface area contributed by atoms with Gasteiger partial charge in [0.2, 0.25) is 0 Å². The lowest BCUT2D eigenvalue weighted by atomic mass is 9.79. The summed E-state index contributed by atoms with van der Waals surface area (Å²) in [5.74, 6) is -1.85. The van der Waals surface area contributed by atoms with Crippen molar-refractivity contribution in [2.45, 2.75) is 46.0 Å². The van der Waals surface area contributed by atoms with Gasteiger partial charge in [-0.15, -0.1) is 0 Å². The SMILES string of the molecule is CCCCC(C)(CC(=O)O)CC(=O)O. The molecule has 4 nitrogen and oxygen atoms in total. The smallest absolute Gasteiger partial charge is 0.303 e. The Morgan fingerprint density at radius 2 is 1.57 bits per heavy atom. The number of unbranched alkanes of at least 4 members (excludes halogenated alkanes) is 1. The summed E-state index contributed by atoms with van der Waals surface area (Å²) in [5.41, 5.74) is -0.603. The highest BCUT2D eigenvalue weighted by Gasteiger charge is 2.29. The average molecular weight is 202 g/mol. The van der Waals surface area contributed by atoms with Gasteiger partial charge in [0.15, 0.2) is 0 Å².